The van der Waals surface area contributed by atoms with E-state index in [0.29, 0.717) is 11.4 Å². The molecule has 0 saturated carbocycles. The van der Waals surface area contributed by atoms with Crippen LogP contribution in [0.5, 0.6) is 5.75 Å². The summed E-state index contributed by atoms with van der Waals surface area (Å²) in [6, 6.07) is 2.48. The molecule has 6 rings (SSSR count). The molecular formula is C33H34F3N7O3. The number of phenolic OH excluding ortho intramolecular Hbond substituents is 1. The molecule has 240 valence electrons. The number of hydrogen-bond acceptors (Lipinski definition) is 8. The van der Waals surface area contributed by atoms with Gasteiger partial charge in [0, 0.05) is 25.7 Å². The summed E-state index contributed by atoms with van der Waals surface area (Å²) in [4.78, 5) is 43.7. The Balaban J connectivity index is 1.79. The summed E-state index contributed by atoms with van der Waals surface area (Å²) in [5.74, 6) is -4.92. The van der Waals surface area contributed by atoms with E-state index in [1.54, 1.807) is 9.80 Å². The number of carbonyl (C=O) groups is 1. The molecule has 2 atom stereocenters. The van der Waals surface area contributed by atoms with Gasteiger partial charge in [-0.2, -0.15) is 4.98 Å². The second-order valence-corrected chi connectivity index (χ2v) is 12.3. The SMILES string of the molecule is C=CC(=O)N1CC2CNc3c(F)c(-c4c(O)cccc4F)c(F)c4c3c(nc(=O)n4-c3c(C(C)C)ncnc3C(C)C)N2CC1C. The van der Waals surface area contributed by atoms with Crippen molar-refractivity contribution < 1.29 is 23.1 Å². The molecule has 0 radical (unpaired) electrons. The Morgan fingerprint density at radius 2 is 1.74 bits per heavy atom. The van der Waals surface area contributed by atoms with Crippen LogP contribution in [0.15, 0.2) is 42.0 Å². The van der Waals surface area contributed by atoms with Gasteiger partial charge in [0.15, 0.2) is 11.6 Å². The van der Waals surface area contributed by atoms with Crippen LogP contribution >= 0.6 is 0 Å². The number of phenols is 1. The number of hydrogen-bond donors (Lipinski definition) is 2. The Morgan fingerprint density at radius 3 is 2.35 bits per heavy atom. The first-order valence-electron chi connectivity index (χ1n) is 15.1. The molecule has 0 bridgehead atoms. The maximum Gasteiger partial charge on any atom is 0.354 e. The van der Waals surface area contributed by atoms with Crippen LogP contribution in [-0.4, -0.2) is 67.2 Å². The van der Waals surface area contributed by atoms with E-state index < -0.39 is 46.1 Å². The molecule has 1 amide bonds. The fraction of sp³-hybridized carbons (Fsp3) is 0.364. The number of aromatic hydroxyl groups is 1. The first-order valence-corrected chi connectivity index (χ1v) is 15.1. The summed E-state index contributed by atoms with van der Waals surface area (Å²) in [7, 11) is 0. The number of halogens is 3. The van der Waals surface area contributed by atoms with Crippen LogP contribution in [-0.2, 0) is 4.79 Å². The third kappa shape index (κ3) is 4.67. The first kappa shape index (κ1) is 31.1. The summed E-state index contributed by atoms with van der Waals surface area (Å²) < 4.78 is 50.4. The van der Waals surface area contributed by atoms with E-state index in [1.165, 1.54) is 18.5 Å². The zero-order valence-electron chi connectivity index (χ0n) is 26.1. The van der Waals surface area contributed by atoms with E-state index in [-0.39, 0.29) is 71.5 Å². The van der Waals surface area contributed by atoms with E-state index in [4.69, 9.17) is 0 Å². The van der Waals surface area contributed by atoms with Gasteiger partial charge in [-0.25, -0.2) is 27.9 Å². The number of anilines is 2. The maximum absolute atomic E-state index is 17.3. The summed E-state index contributed by atoms with van der Waals surface area (Å²) in [5, 5.41) is 13.7. The molecular weight excluding hydrogens is 599 g/mol. The lowest BCUT2D eigenvalue weighted by Crippen LogP contribution is -2.60. The first-order chi connectivity index (χ1) is 21.9. The second-order valence-electron chi connectivity index (χ2n) is 12.3. The Hall–Kier alpha value is -4.94. The molecule has 2 aromatic heterocycles. The number of nitrogens with one attached hydrogen (secondary N) is 1. The van der Waals surface area contributed by atoms with Crippen LogP contribution in [0.25, 0.3) is 27.7 Å². The predicted molar refractivity (Wildman–Crippen MR) is 169 cm³/mol. The number of piperazine rings is 1. The number of benzene rings is 2. The van der Waals surface area contributed by atoms with Crippen molar-refractivity contribution in [2.75, 3.05) is 29.9 Å². The minimum absolute atomic E-state index is 0.0231. The second kappa shape index (κ2) is 11.5. The van der Waals surface area contributed by atoms with E-state index in [1.807, 2.05) is 34.6 Å². The van der Waals surface area contributed by atoms with Gasteiger partial charge in [0.05, 0.1) is 45.3 Å². The normalized spacial score (nSPS) is 17.7. The third-order valence-electron chi connectivity index (χ3n) is 8.72. The van der Waals surface area contributed by atoms with Gasteiger partial charge in [-0.05, 0) is 37.0 Å². The van der Waals surface area contributed by atoms with Gasteiger partial charge in [-0.1, -0.05) is 40.3 Å². The van der Waals surface area contributed by atoms with Crippen molar-refractivity contribution in [3.63, 3.8) is 0 Å². The van der Waals surface area contributed by atoms with E-state index in [0.717, 1.165) is 16.7 Å². The molecule has 0 spiro atoms. The zero-order valence-corrected chi connectivity index (χ0v) is 26.1. The van der Waals surface area contributed by atoms with Gasteiger partial charge >= 0.3 is 5.69 Å². The quantitative estimate of drug-likeness (QED) is 0.287. The minimum atomic E-state index is -1.26. The standard InChI is InChI=1S/C33H34F3N7O3/c1-7-21(45)41-13-18-11-37-29-24-30(26(36)23(25(29)35)22-19(34)9-8-10-20(22)44)43(33(46)40-32(24)42(18)12-17(41)6)31-27(15(2)3)38-14-39-28(31)16(4)5/h7-10,14-18,37,44H,1,11-13H2,2-6H3. The Bertz CT molecular complexity index is 1930. The highest BCUT2D eigenvalue weighted by Crippen LogP contribution is 2.46. The average molecular weight is 634 g/mol. The van der Waals surface area contributed by atoms with E-state index >= 15 is 13.2 Å². The number of fused-ring (bicyclic) bond motifs is 2. The van der Waals surface area contributed by atoms with Crippen molar-refractivity contribution >= 4 is 28.3 Å². The number of amides is 1. The van der Waals surface area contributed by atoms with Crippen LogP contribution in [0.1, 0.15) is 57.8 Å². The van der Waals surface area contributed by atoms with Gasteiger partial charge < -0.3 is 20.2 Å². The summed E-state index contributed by atoms with van der Waals surface area (Å²) in [5.41, 5.74) is -1.93. The summed E-state index contributed by atoms with van der Waals surface area (Å²) in [6.45, 7) is 13.3. The molecule has 1 saturated heterocycles. The zero-order chi connectivity index (χ0) is 33.2. The highest BCUT2D eigenvalue weighted by atomic mass is 19.1. The molecule has 2 unspecified atom stereocenters. The smallest absolute Gasteiger partial charge is 0.354 e. The average Bonchev–Trinajstić information content (AvgIpc) is 3.16. The highest BCUT2D eigenvalue weighted by Gasteiger charge is 2.40. The fourth-order valence-corrected chi connectivity index (χ4v) is 6.56. The van der Waals surface area contributed by atoms with Crippen molar-refractivity contribution in [1.82, 2.24) is 24.4 Å². The monoisotopic (exact) mass is 633 g/mol. The van der Waals surface area contributed by atoms with Gasteiger partial charge in [-0.15, -0.1) is 0 Å². The number of rotatable bonds is 5. The van der Waals surface area contributed by atoms with Crippen molar-refractivity contribution in [3.8, 4) is 22.6 Å². The number of nitrogens with zero attached hydrogens (tertiary/aromatic N) is 6. The number of aromatic nitrogens is 4. The van der Waals surface area contributed by atoms with Crippen molar-refractivity contribution in [3.05, 3.63) is 76.5 Å². The number of carbonyl (C=O) groups excluding carboxylic acids is 1. The maximum atomic E-state index is 17.3. The largest absolute Gasteiger partial charge is 0.507 e. The van der Waals surface area contributed by atoms with Gasteiger partial charge in [0.25, 0.3) is 0 Å². The Kier molecular flexibility index (Phi) is 7.73. The Labute approximate surface area is 263 Å². The lowest BCUT2D eigenvalue weighted by Gasteiger charge is -2.45. The van der Waals surface area contributed by atoms with E-state index in [9.17, 15) is 14.7 Å². The third-order valence-corrected chi connectivity index (χ3v) is 8.72. The molecule has 2 aliphatic heterocycles. The summed E-state index contributed by atoms with van der Waals surface area (Å²) >= 11 is 0. The van der Waals surface area contributed by atoms with Crippen molar-refractivity contribution in [2.45, 2.75) is 58.5 Å². The van der Waals surface area contributed by atoms with Gasteiger partial charge in [-0.3, -0.25) is 9.36 Å². The molecule has 1 fully saturated rings. The fourth-order valence-electron chi connectivity index (χ4n) is 6.56. The van der Waals surface area contributed by atoms with Crippen LogP contribution in [0.3, 0.4) is 0 Å². The van der Waals surface area contributed by atoms with Crippen LogP contribution < -0.4 is 15.9 Å². The molecule has 13 heteroatoms. The molecule has 0 aliphatic carbocycles. The van der Waals surface area contributed by atoms with Gasteiger partial charge in [0.2, 0.25) is 5.91 Å². The molecule has 2 aromatic carbocycles. The molecule has 10 nitrogen and oxygen atoms in total. The highest BCUT2D eigenvalue weighted by molar-refractivity contribution is 6.05. The van der Waals surface area contributed by atoms with E-state index in [2.05, 4.69) is 26.8 Å². The van der Waals surface area contributed by atoms with Crippen LogP contribution in [0.4, 0.5) is 24.7 Å². The van der Waals surface area contributed by atoms with Crippen molar-refractivity contribution in [1.29, 1.82) is 0 Å². The topological polar surface area (TPSA) is 116 Å². The summed E-state index contributed by atoms with van der Waals surface area (Å²) in [6.07, 6.45) is 2.59. The van der Waals surface area contributed by atoms with Crippen LogP contribution in [0.2, 0.25) is 0 Å². The van der Waals surface area contributed by atoms with Crippen molar-refractivity contribution in [2.24, 2.45) is 0 Å². The van der Waals surface area contributed by atoms with Gasteiger partial charge in [0.1, 0.15) is 29.2 Å². The predicted octanol–water partition coefficient (Wildman–Crippen LogP) is 5.23. The molecule has 2 N–H and O–H groups in total. The van der Waals surface area contributed by atoms with Crippen LogP contribution in [0, 0.1) is 17.5 Å². The molecule has 2 aliphatic rings. The molecule has 46 heavy (non-hydrogen) atoms. The molecule has 4 heterocycles. The lowest BCUT2D eigenvalue weighted by atomic mass is 9.97. The molecule has 4 aromatic rings. The lowest BCUT2D eigenvalue weighted by molar-refractivity contribution is -0.128. The minimum Gasteiger partial charge on any atom is -0.507 e. The Morgan fingerprint density at radius 1 is 1.07 bits per heavy atom.